The fourth-order valence-electron chi connectivity index (χ4n) is 1.62. The van der Waals surface area contributed by atoms with Crippen molar-refractivity contribution < 1.29 is 9.13 Å². The molecule has 0 spiro atoms. The van der Waals surface area contributed by atoms with Crippen LogP contribution in [0.25, 0.3) is 0 Å². The molecule has 1 heterocycles. The molecular formula is C15H15ClFN5O. The molecule has 0 aliphatic rings. The standard InChI is InChI=1S/C15H15ClFN5O/c1-9-4-3-5-13(14(9)17)19-6-11(22-18)8-23-15-20-7-12(16)10(2)21-15/h3-7H,8,18H2,1-2H3. The average molecular weight is 336 g/mol. The summed E-state index contributed by atoms with van der Waals surface area (Å²) < 4.78 is 19.2. The van der Waals surface area contributed by atoms with Crippen LogP contribution in [0.2, 0.25) is 5.02 Å². The number of aromatic nitrogens is 2. The third-order valence-corrected chi connectivity index (χ3v) is 3.31. The molecule has 0 atom stereocenters. The van der Waals surface area contributed by atoms with Crippen LogP contribution in [0.5, 0.6) is 6.01 Å². The molecule has 0 aliphatic carbocycles. The van der Waals surface area contributed by atoms with Crippen molar-refractivity contribution in [3.8, 4) is 6.01 Å². The summed E-state index contributed by atoms with van der Waals surface area (Å²) in [5.41, 5.74) is 1.61. The zero-order valence-electron chi connectivity index (χ0n) is 12.6. The minimum absolute atomic E-state index is 0.00545. The first-order valence-electron chi connectivity index (χ1n) is 6.69. The predicted octanol–water partition coefficient (Wildman–Crippen LogP) is 2.98. The largest absolute Gasteiger partial charge is 0.457 e. The monoisotopic (exact) mass is 335 g/mol. The van der Waals surface area contributed by atoms with Gasteiger partial charge in [0, 0.05) is 0 Å². The van der Waals surface area contributed by atoms with Crippen LogP contribution in [0.4, 0.5) is 10.1 Å². The van der Waals surface area contributed by atoms with Crippen LogP contribution < -0.4 is 10.6 Å². The van der Waals surface area contributed by atoms with Gasteiger partial charge >= 0.3 is 6.01 Å². The molecule has 2 N–H and O–H groups in total. The summed E-state index contributed by atoms with van der Waals surface area (Å²) in [5, 5.41) is 3.99. The van der Waals surface area contributed by atoms with Crippen molar-refractivity contribution in [3.05, 3.63) is 46.5 Å². The van der Waals surface area contributed by atoms with Gasteiger partial charge in [0.15, 0.2) is 5.82 Å². The maximum atomic E-state index is 13.8. The van der Waals surface area contributed by atoms with E-state index in [0.717, 1.165) is 0 Å². The molecule has 0 saturated heterocycles. The van der Waals surface area contributed by atoms with Crippen molar-refractivity contribution in [3.63, 3.8) is 0 Å². The number of nitrogens with zero attached hydrogens (tertiary/aromatic N) is 4. The lowest BCUT2D eigenvalue weighted by Crippen LogP contribution is -2.16. The second-order valence-electron chi connectivity index (χ2n) is 4.66. The van der Waals surface area contributed by atoms with E-state index in [-0.39, 0.29) is 18.3 Å². The van der Waals surface area contributed by atoms with E-state index in [1.165, 1.54) is 12.4 Å². The van der Waals surface area contributed by atoms with Gasteiger partial charge in [-0.15, -0.1) is 0 Å². The van der Waals surface area contributed by atoms with Gasteiger partial charge < -0.3 is 10.6 Å². The van der Waals surface area contributed by atoms with Gasteiger partial charge in [0.1, 0.15) is 12.3 Å². The van der Waals surface area contributed by atoms with Crippen molar-refractivity contribution in [2.24, 2.45) is 15.9 Å². The first kappa shape index (κ1) is 16.8. The molecule has 23 heavy (non-hydrogen) atoms. The van der Waals surface area contributed by atoms with E-state index >= 15 is 0 Å². The molecule has 120 valence electrons. The summed E-state index contributed by atoms with van der Waals surface area (Å²) in [6.45, 7) is 3.39. The molecule has 0 amide bonds. The zero-order chi connectivity index (χ0) is 16.8. The van der Waals surface area contributed by atoms with Gasteiger partial charge in [0.25, 0.3) is 0 Å². The number of hydrogen-bond donors (Lipinski definition) is 1. The van der Waals surface area contributed by atoms with Gasteiger partial charge in [-0.3, -0.25) is 4.99 Å². The minimum Gasteiger partial charge on any atom is -0.457 e. The number of halogens is 2. The SMILES string of the molecule is Cc1cccc(N=CC(COc2ncc(Cl)c(C)n2)=NN)c1F. The predicted molar refractivity (Wildman–Crippen MR) is 88.2 cm³/mol. The topological polar surface area (TPSA) is 85.8 Å². The number of aliphatic imine (C=N–C) groups is 1. The van der Waals surface area contributed by atoms with Crippen LogP contribution in [0, 0.1) is 19.7 Å². The lowest BCUT2D eigenvalue weighted by molar-refractivity contribution is 0.345. The average Bonchev–Trinajstić information content (AvgIpc) is 2.54. The first-order valence-corrected chi connectivity index (χ1v) is 7.07. The van der Waals surface area contributed by atoms with E-state index in [0.29, 0.717) is 22.0 Å². The highest BCUT2D eigenvalue weighted by molar-refractivity contribution is 6.31. The van der Waals surface area contributed by atoms with Crippen molar-refractivity contribution in [1.82, 2.24) is 9.97 Å². The Balaban J connectivity index is 2.04. The highest BCUT2D eigenvalue weighted by Crippen LogP contribution is 2.19. The molecule has 8 heteroatoms. The highest BCUT2D eigenvalue weighted by Gasteiger charge is 2.06. The van der Waals surface area contributed by atoms with Gasteiger partial charge in [-0.25, -0.2) is 9.37 Å². The third kappa shape index (κ3) is 4.46. The Morgan fingerprint density at radius 3 is 2.91 bits per heavy atom. The molecule has 0 unspecified atom stereocenters. The Morgan fingerprint density at radius 1 is 1.43 bits per heavy atom. The lowest BCUT2D eigenvalue weighted by Gasteiger charge is -2.05. The Labute approximate surface area is 137 Å². The van der Waals surface area contributed by atoms with Crippen molar-refractivity contribution in [1.29, 1.82) is 0 Å². The molecule has 1 aromatic heterocycles. The van der Waals surface area contributed by atoms with Gasteiger partial charge in [-0.1, -0.05) is 23.7 Å². The quantitative estimate of drug-likeness (QED) is 0.517. The van der Waals surface area contributed by atoms with E-state index in [2.05, 4.69) is 20.1 Å². The molecule has 1 aromatic carbocycles. The number of aryl methyl sites for hydroxylation is 2. The summed E-state index contributed by atoms with van der Waals surface area (Å²) >= 11 is 5.83. The Bertz CT molecular complexity index is 764. The molecule has 0 bridgehead atoms. The number of hydrogen-bond acceptors (Lipinski definition) is 6. The van der Waals surface area contributed by atoms with E-state index in [1.807, 2.05) is 0 Å². The number of nitrogens with two attached hydrogens (primary N) is 1. The van der Waals surface area contributed by atoms with Crippen LogP contribution >= 0.6 is 11.6 Å². The molecule has 0 aliphatic heterocycles. The van der Waals surface area contributed by atoms with E-state index < -0.39 is 5.82 Å². The van der Waals surface area contributed by atoms with Crippen molar-refractivity contribution >= 4 is 29.2 Å². The summed E-state index contributed by atoms with van der Waals surface area (Å²) in [7, 11) is 0. The lowest BCUT2D eigenvalue weighted by atomic mass is 10.2. The molecule has 0 saturated carbocycles. The molecule has 0 fully saturated rings. The second kappa shape index (κ2) is 7.64. The third-order valence-electron chi connectivity index (χ3n) is 2.94. The van der Waals surface area contributed by atoms with Crippen LogP contribution in [-0.4, -0.2) is 28.5 Å². The number of benzene rings is 1. The molecule has 6 nitrogen and oxygen atoms in total. The molecule has 0 radical (unpaired) electrons. The second-order valence-corrected chi connectivity index (χ2v) is 5.07. The van der Waals surface area contributed by atoms with Crippen molar-refractivity contribution in [2.75, 3.05) is 6.61 Å². The first-order chi connectivity index (χ1) is 11.0. The normalized spacial score (nSPS) is 11.9. The van der Waals surface area contributed by atoms with Gasteiger partial charge in [0.2, 0.25) is 0 Å². The minimum atomic E-state index is -0.391. The maximum absolute atomic E-state index is 13.8. The number of hydrazone groups is 1. The fourth-order valence-corrected chi connectivity index (χ4v) is 1.71. The fraction of sp³-hybridized carbons (Fsp3) is 0.200. The molecular weight excluding hydrogens is 321 g/mol. The van der Waals surface area contributed by atoms with Gasteiger partial charge in [-0.2, -0.15) is 10.1 Å². The van der Waals surface area contributed by atoms with Crippen LogP contribution in [0.3, 0.4) is 0 Å². The molecule has 2 aromatic rings. The van der Waals surface area contributed by atoms with Crippen LogP contribution in [0.15, 0.2) is 34.5 Å². The Morgan fingerprint density at radius 2 is 2.22 bits per heavy atom. The van der Waals surface area contributed by atoms with E-state index in [1.54, 1.807) is 32.0 Å². The maximum Gasteiger partial charge on any atom is 0.317 e. The summed E-state index contributed by atoms with van der Waals surface area (Å²) in [5.74, 6) is 4.89. The Hall–Kier alpha value is -2.54. The van der Waals surface area contributed by atoms with E-state index in [9.17, 15) is 4.39 Å². The van der Waals surface area contributed by atoms with Crippen LogP contribution in [0.1, 0.15) is 11.3 Å². The zero-order valence-corrected chi connectivity index (χ0v) is 13.4. The smallest absolute Gasteiger partial charge is 0.317 e. The van der Waals surface area contributed by atoms with Crippen LogP contribution in [-0.2, 0) is 0 Å². The Kier molecular flexibility index (Phi) is 5.59. The summed E-state index contributed by atoms with van der Waals surface area (Å²) in [4.78, 5) is 12.0. The summed E-state index contributed by atoms with van der Waals surface area (Å²) in [6, 6.07) is 5.07. The highest BCUT2D eigenvalue weighted by atomic mass is 35.5. The number of ether oxygens (including phenoxy) is 1. The van der Waals surface area contributed by atoms with Gasteiger partial charge in [0.05, 0.1) is 28.8 Å². The van der Waals surface area contributed by atoms with E-state index in [4.69, 9.17) is 22.2 Å². The van der Waals surface area contributed by atoms with Gasteiger partial charge in [-0.05, 0) is 25.5 Å². The molecule has 2 rings (SSSR count). The number of rotatable bonds is 5. The summed E-state index contributed by atoms with van der Waals surface area (Å²) in [6.07, 6.45) is 2.77. The van der Waals surface area contributed by atoms with Crippen molar-refractivity contribution in [2.45, 2.75) is 13.8 Å².